The molecule has 1 rings (SSSR count). The molecule has 0 aliphatic rings. The van der Waals surface area contributed by atoms with Crippen LogP contribution < -0.4 is 4.74 Å². The van der Waals surface area contributed by atoms with Gasteiger partial charge in [-0.1, -0.05) is 19.9 Å². The largest absolute Gasteiger partial charge is 0.497 e. The number of hydrogen-bond acceptors (Lipinski definition) is 1. The van der Waals surface area contributed by atoms with Crippen molar-refractivity contribution in [3.8, 4) is 5.75 Å². The minimum absolute atomic E-state index is 0.671. The first-order valence-electron chi connectivity index (χ1n) is 5.37. The van der Waals surface area contributed by atoms with Crippen molar-refractivity contribution in [1.29, 1.82) is 0 Å². The highest BCUT2D eigenvalue weighted by molar-refractivity contribution is 5.37. The van der Waals surface area contributed by atoms with Crippen LogP contribution in [0.4, 0.5) is 0 Å². The summed E-state index contributed by atoms with van der Waals surface area (Å²) in [7, 11) is 1.72. The molecule has 0 spiro atoms. The van der Waals surface area contributed by atoms with Crippen LogP contribution in [0.2, 0.25) is 0 Å². The van der Waals surface area contributed by atoms with Gasteiger partial charge in [-0.25, -0.2) is 0 Å². The lowest BCUT2D eigenvalue weighted by molar-refractivity contribution is 0.413. The van der Waals surface area contributed by atoms with Gasteiger partial charge < -0.3 is 4.74 Å². The lowest BCUT2D eigenvalue weighted by Gasteiger charge is -2.16. The second-order valence-electron chi connectivity index (χ2n) is 3.74. The number of ether oxygens (including phenoxy) is 1. The van der Waals surface area contributed by atoms with Gasteiger partial charge in [0, 0.05) is 0 Å². The molecule has 1 nitrogen and oxygen atoms in total. The van der Waals surface area contributed by atoms with Crippen molar-refractivity contribution in [2.24, 2.45) is 0 Å². The second kappa shape index (κ2) is 5.04. The summed E-state index contributed by atoms with van der Waals surface area (Å²) in [6.07, 6.45) is 2.40. The molecular formula is C13H20O. The van der Waals surface area contributed by atoms with Crippen molar-refractivity contribution in [2.75, 3.05) is 7.11 Å². The Morgan fingerprint density at radius 3 is 2.36 bits per heavy atom. The summed E-state index contributed by atoms with van der Waals surface area (Å²) in [5.41, 5.74) is 2.81. The van der Waals surface area contributed by atoms with Gasteiger partial charge in [-0.15, -0.1) is 0 Å². The normalized spacial score (nSPS) is 10.6. The highest BCUT2D eigenvalue weighted by Gasteiger charge is 2.10. The van der Waals surface area contributed by atoms with E-state index in [0.717, 1.165) is 5.75 Å². The predicted molar refractivity (Wildman–Crippen MR) is 61.1 cm³/mol. The Labute approximate surface area is 87.1 Å². The van der Waals surface area contributed by atoms with Crippen LogP contribution in [0.15, 0.2) is 18.2 Å². The predicted octanol–water partition coefficient (Wildman–Crippen LogP) is 3.91. The number of benzene rings is 1. The van der Waals surface area contributed by atoms with Crippen molar-refractivity contribution >= 4 is 0 Å². The van der Waals surface area contributed by atoms with Crippen LogP contribution in [0.1, 0.15) is 43.7 Å². The molecule has 0 saturated carbocycles. The van der Waals surface area contributed by atoms with E-state index in [2.05, 4.69) is 32.9 Å². The minimum Gasteiger partial charge on any atom is -0.497 e. The summed E-state index contributed by atoms with van der Waals surface area (Å²) < 4.78 is 5.25. The highest BCUT2D eigenvalue weighted by Crippen LogP contribution is 2.28. The molecule has 1 heteroatoms. The van der Waals surface area contributed by atoms with E-state index in [0.29, 0.717) is 5.92 Å². The van der Waals surface area contributed by atoms with Crippen molar-refractivity contribution in [3.05, 3.63) is 29.3 Å². The molecule has 0 N–H and O–H groups in total. The molecule has 0 radical (unpaired) electrons. The summed E-state index contributed by atoms with van der Waals surface area (Å²) >= 11 is 0. The summed E-state index contributed by atoms with van der Waals surface area (Å²) in [5, 5.41) is 0. The summed E-state index contributed by atoms with van der Waals surface area (Å²) in [5.74, 6) is 1.64. The van der Waals surface area contributed by atoms with E-state index in [1.165, 1.54) is 24.0 Å². The second-order valence-corrected chi connectivity index (χ2v) is 3.74. The third-order valence-corrected chi connectivity index (χ3v) is 2.91. The van der Waals surface area contributed by atoms with Gasteiger partial charge >= 0.3 is 0 Å². The first-order valence-corrected chi connectivity index (χ1v) is 5.37. The van der Waals surface area contributed by atoms with Crippen LogP contribution in [0.25, 0.3) is 0 Å². The standard InChI is InChI=1S/C13H20O/c1-5-11(6-2)13-9-12(14-4)8-7-10(13)3/h7-9,11H,5-6H2,1-4H3. The van der Waals surface area contributed by atoms with Crippen molar-refractivity contribution in [1.82, 2.24) is 0 Å². The Balaban J connectivity index is 3.04. The number of aryl methyl sites for hydroxylation is 1. The molecule has 0 fully saturated rings. The molecule has 0 unspecified atom stereocenters. The van der Waals surface area contributed by atoms with Crippen LogP contribution >= 0.6 is 0 Å². The number of hydrogen-bond donors (Lipinski definition) is 0. The lowest BCUT2D eigenvalue weighted by atomic mass is 9.90. The van der Waals surface area contributed by atoms with Gasteiger partial charge in [-0.05, 0) is 48.9 Å². The van der Waals surface area contributed by atoms with Crippen LogP contribution in [-0.4, -0.2) is 7.11 Å². The Morgan fingerprint density at radius 1 is 1.21 bits per heavy atom. The Hall–Kier alpha value is -0.980. The Kier molecular flexibility index (Phi) is 3.99. The molecule has 14 heavy (non-hydrogen) atoms. The zero-order valence-corrected chi connectivity index (χ0v) is 9.63. The maximum atomic E-state index is 5.25. The SMILES string of the molecule is CCC(CC)c1cc(OC)ccc1C. The first-order chi connectivity index (χ1) is 6.72. The van der Waals surface area contributed by atoms with Crippen LogP contribution in [-0.2, 0) is 0 Å². The molecule has 0 amide bonds. The van der Waals surface area contributed by atoms with Gasteiger partial charge in [-0.2, -0.15) is 0 Å². The van der Waals surface area contributed by atoms with E-state index < -0.39 is 0 Å². The van der Waals surface area contributed by atoms with Crippen molar-refractivity contribution in [3.63, 3.8) is 0 Å². The van der Waals surface area contributed by atoms with Crippen LogP contribution in [0.5, 0.6) is 5.75 Å². The highest BCUT2D eigenvalue weighted by atomic mass is 16.5. The molecule has 0 bridgehead atoms. The van der Waals surface area contributed by atoms with Gasteiger partial charge in [0.15, 0.2) is 0 Å². The molecule has 1 aromatic rings. The van der Waals surface area contributed by atoms with Crippen molar-refractivity contribution < 1.29 is 4.74 Å². The third-order valence-electron chi connectivity index (χ3n) is 2.91. The first kappa shape index (κ1) is 11.1. The smallest absolute Gasteiger partial charge is 0.119 e. The molecule has 0 atom stereocenters. The molecule has 0 aliphatic heterocycles. The quantitative estimate of drug-likeness (QED) is 0.703. The van der Waals surface area contributed by atoms with E-state index in [9.17, 15) is 0 Å². The molecule has 0 aromatic heterocycles. The van der Waals surface area contributed by atoms with Crippen LogP contribution in [0, 0.1) is 6.92 Å². The fourth-order valence-corrected chi connectivity index (χ4v) is 1.91. The molecular weight excluding hydrogens is 172 g/mol. The summed E-state index contributed by atoms with van der Waals surface area (Å²) in [6.45, 7) is 6.66. The van der Waals surface area contributed by atoms with Gasteiger partial charge in [0.1, 0.15) is 5.75 Å². The zero-order chi connectivity index (χ0) is 10.6. The van der Waals surface area contributed by atoms with Gasteiger partial charge in [0.25, 0.3) is 0 Å². The summed E-state index contributed by atoms with van der Waals surface area (Å²) in [4.78, 5) is 0. The molecule has 0 aliphatic carbocycles. The monoisotopic (exact) mass is 192 g/mol. The number of methoxy groups -OCH3 is 1. The Morgan fingerprint density at radius 2 is 1.86 bits per heavy atom. The van der Waals surface area contributed by atoms with Crippen molar-refractivity contribution in [2.45, 2.75) is 39.5 Å². The van der Waals surface area contributed by atoms with E-state index >= 15 is 0 Å². The molecule has 0 saturated heterocycles. The topological polar surface area (TPSA) is 9.23 Å². The number of rotatable bonds is 4. The van der Waals surface area contributed by atoms with E-state index in [4.69, 9.17) is 4.74 Å². The molecule has 0 heterocycles. The average Bonchev–Trinajstić information content (AvgIpc) is 2.22. The average molecular weight is 192 g/mol. The third kappa shape index (κ3) is 2.28. The minimum atomic E-state index is 0.671. The van der Waals surface area contributed by atoms with Gasteiger partial charge in [-0.3, -0.25) is 0 Å². The lowest BCUT2D eigenvalue weighted by Crippen LogP contribution is -1.99. The molecule has 1 aromatic carbocycles. The maximum absolute atomic E-state index is 5.25. The van der Waals surface area contributed by atoms with Crippen LogP contribution in [0.3, 0.4) is 0 Å². The van der Waals surface area contributed by atoms with Gasteiger partial charge in [0.05, 0.1) is 7.11 Å². The Bertz CT molecular complexity index is 287. The van der Waals surface area contributed by atoms with E-state index in [1.54, 1.807) is 7.11 Å². The summed E-state index contributed by atoms with van der Waals surface area (Å²) in [6, 6.07) is 6.35. The fraction of sp³-hybridized carbons (Fsp3) is 0.538. The van der Waals surface area contributed by atoms with Gasteiger partial charge in [0.2, 0.25) is 0 Å². The van der Waals surface area contributed by atoms with E-state index in [1.807, 2.05) is 6.07 Å². The zero-order valence-electron chi connectivity index (χ0n) is 9.63. The maximum Gasteiger partial charge on any atom is 0.119 e. The molecule has 78 valence electrons. The fourth-order valence-electron chi connectivity index (χ4n) is 1.91. The van der Waals surface area contributed by atoms with E-state index in [-0.39, 0.29) is 0 Å².